The number of aliphatic carboxylic acids is 1. The second-order valence-electron chi connectivity index (χ2n) is 3.63. The van der Waals surface area contributed by atoms with Crippen LogP contribution in [0.5, 0.6) is 5.75 Å². The van der Waals surface area contributed by atoms with E-state index in [-0.39, 0.29) is 13.2 Å². The molecular formula is C11H12IO3Ru. The van der Waals surface area contributed by atoms with Gasteiger partial charge in [-0.15, -0.1) is 0 Å². The van der Waals surface area contributed by atoms with Gasteiger partial charge >= 0.3 is 113 Å². The molecular weight excluding hydrogens is 408 g/mol. The van der Waals surface area contributed by atoms with E-state index in [1.807, 2.05) is 18.2 Å². The maximum atomic E-state index is 11.0. The number of rotatable bonds is 4. The predicted octanol–water partition coefficient (Wildman–Crippen LogP) is 2.51. The summed E-state index contributed by atoms with van der Waals surface area (Å²) in [4.78, 5) is 11.0. The van der Waals surface area contributed by atoms with E-state index in [9.17, 15) is 4.79 Å². The predicted molar refractivity (Wildman–Crippen MR) is 68.0 cm³/mol. The van der Waals surface area contributed by atoms with E-state index < -0.39 is 11.6 Å². The Kier molecular flexibility index (Phi) is 5.05. The van der Waals surface area contributed by atoms with E-state index in [0.717, 1.165) is 5.56 Å². The first kappa shape index (κ1) is 13.8. The molecule has 0 saturated carbocycles. The Hall–Kier alpha value is -0.287. The summed E-state index contributed by atoms with van der Waals surface area (Å²) in [6.45, 7) is 3.09. The van der Waals surface area contributed by atoms with Crippen LogP contribution in [0.15, 0.2) is 24.3 Å². The van der Waals surface area contributed by atoms with Crippen LogP contribution in [0, 0.1) is 0 Å². The van der Waals surface area contributed by atoms with Gasteiger partial charge in [0.2, 0.25) is 0 Å². The third-order valence-electron chi connectivity index (χ3n) is 1.95. The normalized spacial score (nSPS) is 12.2. The van der Waals surface area contributed by atoms with E-state index in [2.05, 4.69) is 24.4 Å². The number of para-hydroxylation sites is 1. The molecule has 1 aromatic rings. The first-order chi connectivity index (χ1) is 7.47. The Balaban J connectivity index is 3.01. The SMILES string of the molecule is CC(C)(Oc1ccccc1[CH]=[Ru][I])C(=O)O. The van der Waals surface area contributed by atoms with Gasteiger partial charge in [0.05, 0.1) is 0 Å². The number of halogens is 1. The number of ether oxygens (including phenoxy) is 1. The van der Waals surface area contributed by atoms with Crippen LogP contribution in [0.3, 0.4) is 0 Å². The van der Waals surface area contributed by atoms with Crippen LogP contribution >= 0.6 is 19.8 Å². The van der Waals surface area contributed by atoms with Crippen molar-refractivity contribution in [2.24, 2.45) is 0 Å². The third kappa shape index (κ3) is 3.63. The Morgan fingerprint density at radius 1 is 1.50 bits per heavy atom. The van der Waals surface area contributed by atoms with Crippen LogP contribution in [0.4, 0.5) is 0 Å². The van der Waals surface area contributed by atoms with E-state index >= 15 is 0 Å². The average molecular weight is 420 g/mol. The Morgan fingerprint density at radius 2 is 2.12 bits per heavy atom. The second kappa shape index (κ2) is 5.87. The summed E-state index contributed by atoms with van der Waals surface area (Å²) >= 11 is 2.45. The van der Waals surface area contributed by atoms with Gasteiger partial charge in [-0.1, -0.05) is 0 Å². The second-order valence-corrected chi connectivity index (χ2v) is 7.12. The summed E-state index contributed by atoms with van der Waals surface area (Å²) in [7, 11) is 0. The molecule has 1 aromatic carbocycles. The van der Waals surface area contributed by atoms with Gasteiger partial charge in [0.25, 0.3) is 0 Å². The zero-order valence-electron chi connectivity index (χ0n) is 8.88. The first-order valence-electron chi connectivity index (χ1n) is 4.54. The van der Waals surface area contributed by atoms with Gasteiger partial charge in [-0.05, 0) is 0 Å². The fourth-order valence-corrected chi connectivity index (χ4v) is 3.04. The Labute approximate surface area is 112 Å². The van der Waals surface area contributed by atoms with Crippen molar-refractivity contribution in [2.75, 3.05) is 0 Å². The van der Waals surface area contributed by atoms with E-state index in [1.54, 1.807) is 19.9 Å². The molecule has 0 aromatic heterocycles. The topological polar surface area (TPSA) is 46.5 Å². The standard InChI is InChI=1S/C11H12O3.HI.Ru/c1-8-6-4-5-7-9(8)14-11(2,3)10(12)13;;/h1,4-7H,2-3H3,(H,12,13);1H;/q;;+1/p-1. The molecule has 0 aliphatic rings. The first-order valence-corrected chi connectivity index (χ1v) is 10.7. The van der Waals surface area contributed by atoms with Gasteiger partial charge in [0.15, 0.2) is 0 Å². The maximum absolute atomic E-state index is 11.0. The van der Waals surface area contributed by atoms with Crippen molar-refractivity contribution in [2.45, 2.75) is 19.4 Å². The molecule has 0 bridgehead atoms. The molecule has 0 aliphatic heterocycles. The zero-order valence-corrected chi connectivity index (χ0v) is 12.8. The molecule has 0 aliphatic carbocycles. The van der Waals surface area contributed by atoms with Gasteiger partial charge < -0.3 is 0 Å². The minimum absolute atomic E-state index is 0.131. The molecule has 0 heterocycles. The van der Waals surface area contributed by atoms with Crippen molar-refractivity contribution in [1.82, 2.24) is 0 Å². The molecule has 0 saturated heterocycles. The van der Waals surface area contributed by atoms with Crippen LogP contribution in [-0.2, 0) is 18.0 Å². The van der Waals surface area contributed by atoms with Crippen molar-refractivity contribution in [3.05, 3.63) is 29.8 Å². The van der Waals surface area contributed by atoms with E-state index in [4.69, 9.17) is 9.84 Å². The Morgan fingerprint density at radius 3 is 2.69 bits per heavy atom. The number of benzene rings is 1. The van der Waals surface area contributed by atoms with Crippen molar-refractivity contribution in [3.63, 3.8) is 0 Å². The average Bonchev–Trinajstić information content (AvgIpc) is 2.20. The van der Waals surface area contributed by atoms with Crippen molar-refractivity contribution in [3.8, 4) is 5.75 Å². The van der Waals surface area contributed by atoms with Gasteiger partial charge in [-0.3, -0.25) is 0 Å². The van der Waals surface area contributed by atoms with Crippen LogP contribution in [-0.4, -0.2) is 21.3 Å². The van der Waals surface area contributed by atoms with Crippen LogP contribution < -0.4 is 4.74 Å². The molecule has 3 nitrogen and oxygen atoms in total. The molecule has 1 rings (SSSR count). The molecule has 16 heavy (non-hydrogen) atoms. The number of hydrogen-bond acceptors (Lipinski definition) is 2. The molecule has 89 valence electrons. The van der Waals surface area contributed by atoms with Gasteiger partial charge in [-0.25, -0.2) is 0 Å². The van der Waals surface area contributed by atoms with Gasteiger partial charge in [0, 0.05) is 0 Å². The number of hydrogen-bond donors (Lipinski definition) is 1. The van der Waals surface area contributed by atoms with Crippen LogP contribution in [0.25, 0.3) is 0 Å². The van der Waals surface area contributed by atoms with Gasteiger partial charge in [0.1, 0.15) is 0 Å². The van der Waals surface area contributed by atoms with Crippen LogP contribution in [0.1, 0.15) is 19.4 Å². The summed E-state index contributed by atoms with van der Waals surface area (Å²) in [5.41, 5.74) is -0.241. The zero-order chi connectivity index (χ0) is 12.2. The quantitative estimate of drug-likeness (QED) is 0.602. The molecule has 1 N–H and O–H groups in total. The third-order valence-corrected chi connectivity index (χ3v) is 3.98. The Bertz CT molecular complexity index is 415. The molecule has 0 fully saturated rings. The molecule has 0 unspecified atom stereocenters. The fraction of sp³-hybridized carbons (Fsp3) is 0.273. The number of carboxylic acid groups (broad SMARTS) is 1. The summed E-state index contributed by atoms with van der Waals surface area (Å²) in [5, 5.41) is 8.99. The molecule has 0 radical (unpaired) electrons. The van der Waals surface area contributed by atoms with Crippen molar-refractivity contribution < 1.29 is 27.8 Å². The summed E-state index contributed by atoms with van der Waals surface area (Å²) < 4.78 is 7.61. The monoisotopic (exact) mass is 421 g/mol. The molecule has 0 amide bonds. The van der Waals surface area contributed by atoms with Crippen LogP contribution in [0.2, 0.25) is 0 Å². The molecule has 0 spiro atoms. The van der Waals surface area contributed by atoms with Crippen molar-refractivity contribution >= 4 is 30.3 Å². The number of carbonyl (C=O) groups is 1. The number of carboxylic acids is 1. The van der Waals surface area contributed by atoms with E-state index in [1.165, 1.54) is 0 Å². The minimum atomic E-state index is -1.20. The van der Waals surface area contributed by atoms with Crippen molar-refractivity contribution in [1.29, 1.82) is 0 Å². The fourth-order valence-electron chi connectivity index (χ4n) is 1.02. The summed E-state index contributed by atoms with van der Waals surface area (Å²) in [6, 6.07) is 7.48. The van der Waals surface area contributed by atoms with Gasteiger partial charge in [-0.2, -0.15) is 0 Å². The summed E-state index contributed by atoms with van der Waals surface area (Å²) in [6.07, 6.45) is 0. The molecule has 0 atom stereocenters. The summed E-state index contributed by atoms with van der Waals surface area (Å²) in [5.74, 6) is -0.342. The molecule has 5 heteroatoms. The van der Waals surface area contributed by atoms with E-state index in [0.29, 0.717) is 5.75 Å².